The zero-order valence-corrected chi connectivity index (χ0v) is 6.53. The molecule has 0 aromatic carbocycles. The van der Waals surface area contributed by atoms with Crippen LogP contribution in [0.4, 0.5) is 0 Å². The van der Waals surface area contributed by atoms with Crippen LogP contribution in [0.2, 0.25) is 0 Å². The van der Waals surface area contributed by atoms with Gasteiger partial charge in [0.2, 0.25) is 0 Å². The van der Waals surface area contributed by atoms with Crippen molar-refractivity contribution in [2.45, 2.75) is 6.42 Å². The molecule has 0 bridgehead atoms. The molecule has 0 aromatic rings. The molecule has 68 valence electrons. The second kappa shape index (κ2) is 7.90. The van der Waals surface area contributed by atoms with Crippen LogP contribution in [-0.4, -0.2) is 53.5 Å². The van der Waals surface area contributed by atoms with Crippen molar-refractivity contribution in [2.24, 2.45) is 0 Å². The molecule has 0 amide bonds. The van der Waals surface area contributed by atoms with E-state index in [-0.39, 0.29) is 20.2 Å². The topological polar surface area (TPSA) is 76.0 Å². The summed E-state index contributed by atoms with van der Waals surface area (Å²) in [4.78, 5) is 1.49. The lowest BCUT2D eigenvalue weighted by Crippen LogP contribution is -2.29. The van der Waals surface area contributed by atoms with Gasteiger partial charge in [-0.2, -0.15) is 0 Å². The highest BCUT2D eigenvalue weighted by atomic mass is 16.3. The Bertz CT molecular complexity index is 78.2. The van der Waals surface area contributed by atoms with Crippen molar-refractivity contribution in [3.05, 3.63) is 0 Å². The lowest BCUT2D eigenvalue weighted by molar-refractivity contribution is 0.0287. The minimum atomic E-state index is -0.129. The number of rotatable bonds is 7. The molecule has 0 rings (SSSR count). The van der Waals surface area contributed by atoms with Crippen LogP contribution in [0, 0.1) is 0 Å². The van der Waals surface area contributed by atoms with Gasteiger partial charge in [0, 0.05) is 6.54 Å². The van der Waals surface area contributed by atoms with Gasteiger partial charge in [0.1, 0.15) is 0 Å². The molecule has 0 unspecified atom stereocenters. The molecule has 0 aliphatic carbocycles. The summed E-state index contributed by atoms with van der Waals surface area (Å²) in [7, 11) is 0. The zero-order chi connectivity index (χ0) is 8.53. The first-order valence-electron chi connectivity index (χ1n) is 3.60. The average molecular weight is 164 g/mol. The Morgan fingerprint density at radius 2 is 1.73 bits per heavy atom. The van der Waals surface area contributed by atoms with Gasteiger partial charge in [-0.05, 0) is 13.0 Å². The fourth-order valence-corrected chi connectivity index (χ4v) is 0.693. The maximum atomic E-state index is 8.58. The summed E-state index contributed by atoms with van der Waals surface area (Å²) in [5, 5.41) is 28.2. The van der Waals surface area contributed by atoms with E-state index in [1.165, 1.54) is 4.90 Å². The van der Waals surface area contributed by atoms with E-state index in [0.717, 1.165) is 6.42 Å². The van der Waals surface area contributed by atoms with Gasteiger partial charge >= 0.3 is 0 Å². The molecule has 0 aliphatic heterocycles. The summed E-state index contributed by atoms with van der Waals surface area (Å²) < 4.78 is 0. The van der Waals surface area contributed by atoms with Crippen LogP contribution in [0.3, 0.4) is 0 Å². The summed E-state index contributed by atoms with van der Waals surface area (Å²) in [5.41, 5.74) is 0. The monoisotopic (exact) mass is 164 g/mol. The maximum Gasteiger partial charge on any atom is 0.0974 e. The van der Waals surface area contributed by atoms with E-state index in [0.29, 0.717) is 13.1 Å². The predicted octanol–water partition coefficient (Wildman–Crippen LogP) is -1.88. The third kappa shape index (κ3) is 6.21. The number of aliphatic hydroxyl groups excluding tert-OH is 3. The lowest BCUT2D eigenvalue weighted by atomic mass is 10.4. The molecule has 11 heavy (non-hydrogen) atoms. The van der Waals surface area contributed by atoms with E-state index in [1.807, 2.05) is 0 Å². The Kier molecular flexibility index (Phi) is 7.76. The standard InChI is InChI=1S/C6H16N2O3/c9-4-7-2-1-3-8(5-10)6-11/h7,9-11H,1-6H2. The van der Waals surface area contributed by atoms with E-state index in [9.17, 15) is 0 Å². The third-order valence-electron chi connectivity index (χ3n) is 1.34. The molecule has 0 saturated carbocycles. The minimum Gasteiger partial charge on any atom is -0.381 e. The smallest absolute Gasteiger partial charge is 0.0974 e. The van der Waals surface area contributed by atoms with Crippen LogP contribution in [0.5, 0.6) is 0 Å². The molecular formula is C6H16N2O3. The Hall–Kier alpha value is -0.200. The molecule has 0 heterocycles. The average Bonchev–Trinajstić information content (AvgIpc) is 2.05. The van der Waals surface area contributed by atoms with Crippen molar-refractivity contribution in [1.29, 1.82) is 0 Å². The maximum absolute atomic E-state index is 8.58. The summed E-state index contributed by atoms with van der Waals surface area (Å²) in [6.07, 6.45) is 0.793. The van der Waals surface area contributed by atoms with Crippen molar-refractivity contribution in [3.63, 3.8) is 0 Å². The second-order valence-electron chi connectivity index (χ2n) is 2.19. The SMILES string of the molecule is OCNCCCN(CO)CO. The van der Waals surface area contributed by atoms with Gasteiger partial charge in [-0.1, -0.05) is 0 Å². The second-order valence-corrected chi connectivity index (χ2v) is 2.19. The van der Waals surface area contributed by atoms with Crippen LogP contribution in [0.1, 0.15) is 6.42 Å². The van der Waals surface area contributed by atoms with E-state index in [2.05, 4.69) is 5.32 Å². The van der Waals surface area contributed by atoms with Gasteiger partial charge in [0.15, 0.2) is 0 Å². The third-order valence-corrected chi connectivity index (χ3v) is 1.34. The molecule has 0 spiro atoms. The van der Waals surface area contributed by atoms with Crippen LogP contribution in [0.25, 0.3) is 0 Å². The molecule has 0 fully saturated rings. The fraction of sp³-hybridized carbons (Fsp3) is 1.00. The van der Waals surface area contributed by atoms with Gasteiger partial charge < -0.3 is 15.3 Å². The highest BCUT2D eigenvalue weighted by Crippen LogP contribution is 1.85. The lowest BCUT2D eigenvalue weighted by Gasteiger charge is -2.15. The van der Waals surface area contributed by atoms with Crippen molar-refractivity contribution in [2.75, 3.05) is 33.3 Å². The largest absolute Gasteiger partial charge is 0.381 e. The minimum absolute atomic E-state index is 0.0295. The van der Waals surface area contributed by atoms with E-state index in [1.54, 1.807) is 0 Å². The van der Waals surface area contributed by atoms with Crippen LogP contribution >= 0.6 is 0 Å². The Morgan fingerprint density at radius 3 is 2.18 bits per heavy atom. The molecule has 5 heteroatoms. The van der Waals surface area contributed by atoms with Gasteiger partial charge in [-0.3, -0.25) is 10.2 Å². The first kappa shape index (κ1) is 10.8. The Labute approximate surface area is 66.3 Å². The molecule has 0 atom stereocenters. The van der Waals surface area contributed by atoms with Crippen LogP contribution in [0.15, 0.2) is 0 Å². The molecule has 0 radical (unpaired) electrons. The summed E-state index contributed by atoms with van der Waals surface area (Å²) in [6, 6.07) is 0. The first-order valence-corrected chi connectivity index (χ1v) is 3.60. The van der Waals surface area contributed by atoms with Gasteiger partial charge in [0.05, 0.1) is 20.2 Å². The van der Waals surface area contributed by atoms with Crippen molar-refractivity contribution >= 4 is 0 Å². The number of nitrogens with zero attached hydrogens (tertiary/aromatic N) is 1. The first-order chi connectivity index (χ1) is 5.35. The number of hydrogen-bond donors (Lipinski definition) is 4. The molecule has 5 nitrogen and oxygen atoms in total. The van der Waals surface area contributed by atoms with E-state index in [4.69, 9.17) is 15.3 Å². The number of aliphatic hydroxyl groups is 3. The summed E-state index contributed by atoms with van der Waals surface area (Å²) in [6.45, 7) is 1.02. The van der Waals surface area contributed by atoms with E-state index >= 15 is 0 Å². The number of hydrogen-bond acceptors (Lipinski definition) is 5. The van der Waals surface area contributed by atoms with Crippen molar-refractivity contribution in [1.82, 2.24) is 10.2 Å². The highest BCUT2D eigenvalue weighted by Gasteiger charge is 1.98. The Balaban J connectivity index is 3.07. The van der Waals surface area contributed by atoms with Gasteiger partial charge in [0.25, 0.3) is 0 Å². The molecule has 4 N–H and O–H groups in total. The van der Waals surface area contributed by atoms with Crippen molar-refractivity contribution < 1.29 is 15.3 Å². The molecule has 0 aliphatic rings. The van der Waals surface area contributed by atoms with Crippen molar-refractivity contribution in [3.8, 4) is 0 Å². The summed E-state index contributed by atoms with van der Waals surface area (Å²) in [5.74, 6) is 0. The fourth-order valence-electron chi connectivity index (χ4n) is 0.693. The number of nitrogens with one attached hydrogen (secondary N) is 1. The predicted molar refractivity (Wildman–Crippen MR) is 40.6 cm³/mol. The molecule has 0 aromatic heterocycles. The van der Waals surface area contributed by atoms with Gasteiger partial charge in [-0.15, -0.1) is 0 Å². The van der Waals surface area contributed by atoms with Crippen LogP contribution < -0.4 is 5.32 Å². The van der Waals surface area contributed by atoms with E-state index < -0.39 is 0 Å². The van der Waals surface area contributed by atoms with Gasteiger partial charge in [-0.25, -0.2) is 0 Å². The highest BCUT2D eigenvalue weighted by molar-refractivity contribution is 4.48. The normalized spacial score (nSPS) is 10.9. The van der Waals surface area contributed by atoms with Crippen LogP contribution in [-0.2, 0) is 0 Å². The molecule has 0 saturated heterocycles. The Morgan fingerprint density at radius 1 is 1.09 bits per heavy atom. The summed E-state index contributed by atoms with van der Waals surface area (Å²) >= 11 is 0. The quantitative estimate of drug-likeness (QED) is 0.262. The molecular weight excluding hydrogens is 148 g/mol. The zero-order valence-electron chi connectivity index (χ0n) is 6.53.